The van der Waals surface area contributed by atoms with Crippen LogP contribution in [0.1, 0.15) is 12.0 Å². The fourth-order valence-electron chi connectivity index (χ4n) is 2.19. The minimum atomic E-state index is -0.141. The molecule has 2 rings (SSSR count). The number of benzene rings is 1. The van der Waals surface area contributed by atoms with E-state index < -0.39 is 0 Å². The van der Waals surface area contributed by atoms with Crippen LogP contribution in [0.5, 0.6) is 5.75 Å². The van der Waals surface area contributed by atoms with Crippen molar-refractivity contribution in [2.75, 3.05) is 40.0 Å². The lowest BCUT2D eigenvalue weighted by Crippen LogP contribution is -2.36. The lowest BCUT2D eigenvalue weighted by Gasteiger charge is -2.26. The molecule has 1 saturated heterocycles. The number of rotatable bonds is 5. The maximum atomic E-state index is 13.6. The zero-order valence-electron chi connectivity index (χ0n) is 10.8. The minimum absolute atomic E-state index is 0.141. The average Bonchev–Trinajstić information content (AvgIpc) is 2.42. The first-order chi connectivity index (χ1) is 8.79. The fourth-order valence-corrected chi connectivity index (χ4v) is 2.19. The van der Waals surface area contributed by atoms with Gasteiger partial charge in [-0.25, -0.2) is 4.39 Å². The first-order valence-electron chi connectivity index (χ1n) is 6.42. The molecule has 0 atom stereocenters. The van der Waals surface area contributed by atoms with E-state index in [4.69, 9.17) is 9.47 Å². The van der Waals surface area contributed by atoms with Gasteiger partial charge in [0, 0.05) is 13.1 Å². The predicted molar refractivity (Wildman–Crippen MR) is 68.5 cm³/mol. The number of hydrogen-bond acceptors (Lipinski definition) is 3. The Balaban J connectivity index is 1.81. The Morgan fingerprint density at radius 3 is 2.83 bits per heavy atom. The van der Waals surface area contributed by atoms with E-state index >= 15 is 0 Å². The molecule has 0 bridgehead atoms. The van der Waals surface area contributed by atoms with Crippen LogP contribution in [0.25, 0.3) is 0 Å². The second-order valence-electron chi connectivity index (χ2n) is 4.51. The van der Waals surface area contributed by atoms with Crippen molar-refractivity contribution in [3.05, 3.63) is 29.6 Å². The SMILES string of the molecule is COc1ccc(F)c(CCCN2CCOCC2)c1. The Morgan fingerprint density at radius 2 is 2.11 bits per heavy atom. The highest BCUT2D eigenvalue weighted by Crippen LogP contribution is 2.18. The van der Waals surface area contributed by atoms with Crippen LogP contribution in [0.3, 0.4) is 0 Å². The zero-order chi connectivity index (χ0) is 12.8. The van der Waals surface area contributed by atoms with Gasteiger partial charge in [-0.3, -0.25) is 4.90 Å². The maximum Gasteiger partial charge on any atom is 0.126 e. The number of nitrogens with zero attached hydrogens (tertiary/aromatic N) is 1. The summed E-state index contributed by atoms with van der Waals surface area (Å²) in [6, 6.07) is 4.92. The van der Waals surface area contributed by atoms with E-state index in [1.165, 1.54) is 6.07 Å². The number of aryl methyl sites for hydroxylation is 1. The predicted octanol–water partition coefficient (Wildman–Crippen LogP) is 2.10. The first kappa shape index (κ1) is 13.3. The van der Waals surface area contributed by atoms with Gasteiger partial charge < -0.3 is 9.47 Å². The van der Waals surface area contributed by atoms with Gasteiger partial charge >= 0.3 is 0 Å². The largest absolute Gasteiger partial charge is 0.497 e. The van der Waals surface area contributed by atoms with Crippen molar-refractivity contribution in [2.45, 2.75) is 12.8 Å². The van der Waals surface area contributed by atoms with Crippen LogP contribution in [0.15, 0.2) is 18.2 Å². The van der Waals surface area contributed by atoms with E-state index in [-0.39, 0.29) is 5.82 Å². The molecule has 1 aromatic rings. The van der Waals surface area contributed by atoms with Crippen LogP contribution >= 0.6 is 0 Å². The molecule has 0 amide bonds. The molecule has 3 nitrogen and oxygen atoms in total. The quantitative estimate of drug-likeness (QED) is 0.802. The van der Waals surface area contributed by atoms with E-state index in [0.717, 1.165) is 57.0 Å². The topological polar surface area (TPSA) is 21.7 Å². The summed E-state index contributed by atoms with van der Waals surface area (Å²) < 4.78 is 24.0. The Morgan fingerprint density at radius 1 is 1.33 bits per heavy atom. The molecule has 1 heterocycles. The highest BCUT2D eigenvalue weighted by molar-refractivity contribution is 5.29. The third-order valence-electron chi connectivity index (χ3n) is 3.28. The van der Waals surface area contributed by atoms with Crippen LogP contribution < -0.4 is 4.74 Å². The van der Waals surface area contributed by atoms with Gasteiger partial charge in [0.05, 0.1) is 20.3 Å². The molecule has 0 unspecified atom stereocenters. The van der Waals surface area contributed by atoms with Crippen molar-refractivity contribution in [3.63, 3.8) is 0 Å². The van der Waals surface area contributed by atoms with E-state index in [9.17, 15) is 4.39 Å². The van der Waals surface area contributed by atoms with Gasteiger partial charge in [0.25, 0.3) is 0 Å². The Kier molecular flexibility index (Phi) is 4.96. The molecule has 0 spiro atoms. The number of methoxy groups -OCH3 is 1. The number of hydrogen-bond donors (Lipinski definition) is 0. The molecule has 1 aliphatic heterocycles. The van der Waals surface area contributed by atoms with Crippen molar-refractivity contribution in [1.29, 1.82) is 0 Å². The summed E-state index contributed by atoms with van der Waals surface area (Å²) in [6.45, 7) is 4.60. The van der Waals surface area contributed by atoms with Gasteiger partial charge in [-0.1, -0.05) is 0 Å². The Labute approximate surface area is 107 Å². The summed E-state index contributed by atoms with van der Waals surface area (Å²) in [5.41, 5.74) is 0.739. The van der Waals surface area contributed by atoms with Crippen molar-refractivity contribution in [2.24, 2.45) is 0 Å². The lowest BCUT2D eigenvalue weighted by atomic mass is 10.1. The molecule has 100 valence electrons. The van der Waals surface area contributed by atoms with Gasteiger partial charge in [-0.05, 0) is 43.1 Å². The first-order valence-corrected chi connectivity index (χ1v) is 6.42. The lowest BCUT2D eigenvalue weighted by molar-refractivity contribution is 0.0374. The molecular formula is C14H20FNO2. The molecule has 0 aliphatic carbocycles. The Hall–Kier alpha value is -1.13. The summed E-state index contributed by atoms with van der Waals surface area (Å²) in [4.78, 5) is 2.36. The van der Waals surface area contributed by atoms with E-state index in [0.29, 0.717) is 0 Å². The summed E-state index contributed by atoms with van der Waals surface area (Å²) >= 11 is 0. The second kappa shape index (κ2) is 6.71. The molecule has 1 aliphatic rings. The van der Waals surface area contributed by atoms with Gasteiger partial charge in [0.15, 0.2) is 0 Å². The molecule has 18 heavy (non-hydrogen) atoms. The standard InChI is InChI=1S/C14H20FNO2/c1-17-13-4-5-14(15)12(11-13)3-2-6-16-7-9-18-10-8-16/h4-5,11H,2-3,6-10H2,1H3. The van der Waals surface area contributed by atoms with Crippen LogP contribution in [0.4, 0.5) is 4.39 Å². The summed E-state index contributed by atoms with van der Waals surface area (Å²) in [5, 5.41) is 0. The van der Waals surface area contributed by atoms with Gasteiger partial charge in [0.1, 0.15) is 11.6 Å². The van der Waals surface area contributed by atoms with Gasteiger partial charge in [-0.2, -0.15) is 0 Å². The smallest absolute Gasteiger partial charge is 0.126 e. The zero-order valence-corrected chi connectivity index (χ0v) is 10.8. The molecule has 1 aromatic carbocycles. The van der Waals surface area contributed by atoms with Gasteiger partial charge in [0.2, 0.25) is 0 Å². The van der Waals surface area contributed by atoms with Crippen LogP contribution in [-0.2, 0) is 11.2 Å². The number of ether oxygens (including phenoxy) is 2. The number of morpholine rings is 1. The molecule has 4 heteroatoms. The van der Waals surface area contributed by atoms with Gasteiger partial charge in [-0.15, -0.1) is 0 Å². The highest BCUT2D eigenvalue weighted by atomic mass is 19.1. The van der Waals surface area contributed by atoms with E-state index in [1.54, 1.807) is 19.2 Å². The fraction of sp³-hybridized carbons (Fsp3) is 0.571. The second-order valence-corrected chi connectivity index (χ2v) is 4.51. The summed E-state index contributed by atoms with van der Waals surface area (Å²) in [7, 11) is 1.60. The van der Waals surface area contributed by atoms with E-state index in [2.05, 4.69) is 4.90 Å². The minimum Gasteiger partial charge on any atom is -0.497 e. The van der Waals surface area contributed by atoms with Crippen LogP contribution in [0, 0.1) is 5.82 Å². The maximum absolute atomic E-state index is 13.6. The molecule has 0 N–H and O–H groups in total. The highest BCUT2D eigenvalue weighted by Gasteiger charge is 2.10. The van der Waals surface area contributed by atoms with Crippen molar-refractivity contribution in [3.8, 4) is 5.75 Å². The third-order valence-corrected chi connectivity index (χ3v) is 3.28. The average molecular weight is 253 g/mol. The normalized spacial score (nSPS) is 16.8. The molecular weight excluding hydrogens is 233 g/mol. The Bertz CT molecular complexity index is 378. The van der Waals surface area contributed by atoms with Crippen LogP contribution in [-0.4, -0.2) is 44.9 Å². The summed E-state index contributed by atoms with van der Waals surface area (Å²) in [6.07, 6.45) is 1.71. The number of halogens is 1. The molecule has 1 fully saturated rings. The molecule has 0 radical (unpaired) electrons. The molecule has 0 aromatic heterocycles. The van der Waals surface area contributed by atoms with Crippen molar-refractivity contribution in [1.82, 2.24) is 4.90 Å². The van der Waals surface area contributed by atoms with Crippen molar-refractivity contribution < 1.29 is 13.9 Å². The monoisotopic (exact) mass is 253 g/mol. The van der Waals surface area contributed by atoms with Crippen LogP contribution in [0.2, 0.25) is 0 Å². The van der Waals surface area contributed by atoms with Crippen molar-refractivity contribution >= 4 is 0 Å². The molecule has 0 saturated carbocycles. The third kappa shape index (κ3) is 3.68. The van der Waals surface area contributed by atoms with E-state index in [1.807, 2.05) is 0 Å². The summed E-state index contributed by atoms with van der Waals surface area (Å²) in [5.74, 6) is 0.579.